The minimum atomic E-state index is -0.970. The van der Waals surface area contributed by atoms with Crippen molar-refractivity contribution in [2.24, 2.45) is 5.41 Å². The van der Waals surface area contributed by atoms with Gasteiger partial charge in [0.25, 0.3) is 11.5 Å². The van der Waals surface area contributed by atoms with Crippen molar-refractivity contribution in [2.45, 2.75) is 64.5 Å². The zero-order valence-electron chi connectivity index (χ0n) is 20.3. The molecular formula is C27H31N5O3. The quantitative estimate of drug-likeness (QED) is 0.379. The number of carbonyl (C=O) groups is 1. The van der Waals surface area contributed by atoms with Gasteiger partial charge in [-0.2, -0.15) is 5.10 Å². The number of fused-ring (bicyclic) bond motifs is 2. The number of benzene rings is 1. The van der Waals surface area contributed by atoms with E-state index in [1.165, 1.54) is 0 Å². The lowest BCUT2D eigenvalue weighted by atomic mass is 9.61. The first kappa shape index (κ1) is 23.2. The van der Waals surface area contributed by atoms with Crippen LogP contribution in [0.2, 0.25) is 0 Å². The number of aliphatic hydroxyl groups is 1. The minimum absolute atomic E-state index is 0.115. The Morgan fingerprint density at radius 1 is 1.26 bits per heavy atom. The lowest BCUT2D eigenvalue weighted by Crippen LogP contribution is -2.51. The van der Waals surface area contributed by atoms with Gasteiger partial charge in [-0.15, -0.1) is 0 Å². The third kappa shape index (κ3) is 4.34. The average Bonchev–Trinajstić information content (AvgIpc) is 3.24. The standard InChI is InChI=1S/C27H31N5O3/c1-4-27(11-9-21-19-7-5-6-8-20(19)24(33)31-30-21)14-18(15-27)29-25(34)22-16-28-23-13-17(26(2,3)35)10-12-32(22)23/h5-8,10,12-13,16,18,35H,4,9,11,14-15H2,1-3H3,(H,29,34)(H,31,33). The topological polar surface area (TPSA) is 112 Å². The Bertz CT molecular complexity index is 1460. The van der Waals surface area contributed by atoms with Crippen molar-refractivity contribution in [3.8, 4) is 0 Å². The van der Waals surface area contributed by atoms with Crippen molar-refractivity contribution in [1.29, 1.82) is 0 Å². The van der Waals surface area contributed by atoms with Crippen LogP contribution in [0.4, 0.5) is 0 Å². The molecule has 0 atom stereocenters. The predicted octanol–water partition coefficient (Wildman–Crippen LogP) is 3.72. The number of amides is 1. The number of H-pyrrole nitrogens is 1. The number of hydrogen-bond acceptors (Lipinski definition) is 5. The average molecular weight is 474 g/mol. The van der Waals surface area contributed by atoms with Crippen molar-refractivity contribution in [3.05, 3.63) is 76.1 Å². The molecule has 0 aliphatic heterocycles. The molecular weight excluding hydrogens is 442 g/mol. The number of aromatic nitrogens is 4. The van der Waals surface area contributed by atoms with Crippen molar-refractivity contribution >= 4 is 22.3 Å². The Kier molecular flexibility index (Phi) is 5.71. The summed E-state index contributed by atoms with van der Waals surface area (Å²) in [6, 6.07) is 11.3. The number of imidazole rings is 1. The van der Waals surface area contributed by atoms with Crippen LogP contribution in [0.15, 0.2) is 53.6 Å². The number of carbonyl (C=O) groups excluding carboxylic acids is 1. The summed E-state index contributed by atoms with van der Waals surface area (Å²) in [5.74, 6) is -0.142. The normalized spacial score (nSPS) is 20.2. The van der Waals surface area contributed by atoms with Crippen molar-refractivity contribution in [3.63, 3.8) is 0 Å². The second-order valence-corrected chi connectivity index (χ2v) is 10.3. The largest absolute Gasteiger partial charge is 0.386 e. The molecule has 1 saturated carbocycles. The summed E-state index contributed by atoms with van der Waals surface area (Å²) in [5.41, 5.74) is 1.80. The molecule has 3 N–H and O–H groups in total. The molecule has 0 saturated heterocycles. The van der Waals surface area contributed by atoms with E-state index in [1.54, 1.807) is 36.7 Å². The van der Waals surface area contributed by atoms with Crippen LogP contribution >= 0.6 is 0 Å². The van der Waals surface area contributed by atoms with E-state index in [-0.39, 0.29) is 22.9 Å². The Morgan fingerprint density at radius 3 is 2.71 bits per heavy atom. The number of aryl methyl sites for hydroxylation is 1. The van der Waals surface area contributed by atoms with Crippen LogP contribution in [-0.4, -0.2) is 36.6 Å². The summed E-state index contributed by atoms with van der Waals surface area (Å²) in [5, 5.41) is 21.9. The number of aromatic amines is 1. The van der Waals surface area contributed by atoms with Crippen molar-refractivity contribution < 1.29 is 9.90 Å². The van der Waals surface area contributed by atoms with Crippen LogP contribution in [0.25, 0.3) is 16.4 Å². The number of nitrogens with zero attached hydrogens (tertiary/aromatic N) is 3. The van der Waals surface area contributed by atoms with Gasteiger partial charge in [0.05, 0.1) is 22.9 Å². The zero-order chi connectivity index (χ0) is 24.8. The fourth-order valence-corrected chi connectivity index (χ4v) is 5.29. The van der Waals surface area contributed by atoms with Crippen LogP contribution in [0.1, 0.15) is 68.2 Å². The molecule has 3 aromatic heterocycles. The zero-order valence-corrected chi connectivity index (χ0v) is 20.3. The van der Waals surface area contributed by atoms with Gasteiger partial charge in [0.15, 0.2) is 0 Å². The molecule has 182 valence electrons. The van der Waals surface area contributed by atoms with Crippen LogP contribution in [-0.2, 0) is 12.0 Å². The summed E-state index contributed by atoms with van der Waals surface area (Å²) in [4.78, 5) is 29.4. The van der Waals surface area contributed by atoms with Gasteiger partial charge in [-0.1, -0.05) is 31.5 Å². The molecule has 0 radical (unpaired) electrons. The van der Waals surface area contributed by atoms with Crippen LogP contribution < -0.4 is 10.9 Å². The molecule has 8 nitrogen and oxygen atoms in total. The fourth-order valence-electron chi connectivity index (χ4n) is 5.29. The predicted molar refractivity (Wildman–Crippen MR) is 134 cm³/mol. The fraction of sp³-hybridized carbons (Fsp3) is 0.407. The van der Waals surface area contributed by atoms with E-state index in [0.717, 1.165) is 48.7 Å². The van der Waals surface area contributed by atoms with Gasteiger partial charge in [-0.25, -0.2) is 10.1 Å². The minimum Gasteiger partial charge on any atom is -0.386 e. The molecule has 5 rings (SSSR count). The van der Waals surface area contributed by atoms with Crippen molar-refractivity contribution in [2.75, 3.05) is 0 Å². The van der Waals surface area contributed by atoms with Gasteiger partial charge < -0.3 is 10.4 Å². The van der Waals surface area contributed by atoms with E-state index in [2.05, 4.69) is 27.4 Å². The van der Waals surface area contributed by atoms with E-state index in [1.807, 2.05) is 30.3 Å². The highest BCUT2D eigenvalue weighted by molar-refractivity contribution is 5.93. The summed E-state index contributed by atoms with van der Waals surface area (Å²) in [7, 11) is 0. The first-order valence-corrected chi connectivity index (χ1v) is 12.2. The lowest BCUT2D eigenvalue weighted by molar-refractivity contribution is 0.0568. The van der Waals surface area contributed by atoms with E-state index < -0.39 is 5.60 Å². The number of hydrogen-bond donors (Lipinski definition) is 3. The Hall–Kier alpha value is -3.52. The monoisotopic (exact) mass is 473 g/mol. The molecule has 1 fully saturated rings. The first-order chi connectivity index (χ1) is 16.7. The Morgan fingerprint density at radius 2 is 2.00 bits per heavy atom. The van der Waals surface area contributed by atoms with E-state index >= 15 is 0 Å². The molecule has 1 aromatic carbocycles. The molecule has 35 heavy (non-hydrogen) atoms. The lowest BCUT2D eigenvalue weighted by Gasteiger charge is -2.48. The molecule has 1 aliphatic carbocycles. The van der Waals surface area contributed by atoms with Gasteiger partial charge in [-0.05, 0) is 68.7 Å². The van der Waals surface area contributed by atoms with E-state index in [4.69, 9.17) is 0 Å². The summed E-state index contributed by atoms with van der Waals surface area (Å²) >= 11 is 0. The molecule has 3 heterocycles. The molecule has 0 bridgehead atoms. The molecule has 1 amide bonds. The molecule has 0 unspecified atom stereocenters. The highest BCUT2D eigenvalue weighted by Crippen LogP contribution is 2.47. The van der Waals surface area contributed by atoms with Gasteiger partial charge in [0, 0.05) is 17.6 Å². The van der Waals surface area contributed by atoms with Gasteiger partial charge in [0.1, 0.15) is 11.3 Å². The van der Waals surface area contributed by atoms with Crippen LogP contribution in [0, 0.1) is 5.41 Å². The number of pyridine rings is 1. The summed E-state index contributed by atoms with van der Waals surface area (Å²) in [6.45, 7) is 5.64. The van der Waals surface area contributed by atoms with Crippen molar-refractivity contribution in [1.82, 2.24) is 24.9 Å². The van der Waals surface area contributed by atoms with E-state index in [9.17, 15) is 14.7 Å². The maximum absolute atomic E-state index is 13.0. The maximum Gasteiger partial charge on any atom is 0.272 e. The third-order valence-corrected chi connectivity index (χ3v) is 7.56. The van der Waals surface area contributed by atoms with E-state index in [0.29, 0.717) is 16.7 Å². The maximum atomic E-state index is 13.0. The van der Waals surface area contributed by atoms with Gasteiger partial charge >= 0.3 is 0 Å². The van der Waals surface area contributed by atoms with Crippen LogP contribution in [0.5, 0.6) is 0 Å². The summed E-state index contributed by atoms with van der Waals surface area (Å²) in [6.07, 6.45) is 7.94. The van der Waals surface area contributed by atoms with Gasteiger partial charge in [0.2, 0.25) is 0 Å². The highest BCUT2D eigenvalue weighted by Gasteiger charge is 2.43. The number of rotatable bonds is 7. The SMILES string of the molecule is CCC1(CCc2n[nH]c(=O)c3ccccc23)CC(NC(=O)c2cnc3cc(C(C)(C)O)ccn23)C1. The third-order valence-electron chi connectivity index (χ3n) is 7.56. The molecule has 0 spiro atoms. The smallest absolute Gasteiger partial charge is 0.272 e. The number of nitrogens with one attached hydrogen (secondary N) is 2. The van der Waals surface area contributed by atoms with Crippen LogP contribution in [0.3, 0.4) is 0 Å². The Labute approximate surface area is 203 Å². The first-order valence-electron chi connectivity index (χ1n) is 12.2. The molecule has 4 aromatic rings. The Balaban J connectivity index is 1.24. The second-order valence-electron chi connectivity index (χ2n) is 10.3. The highest BCUT2D eigenvalue weighted by atomic mass is 16.3. The van der Waals surface area contributed by atoms with Gasteiger partial charge in [-0.3, -0.25) is 14.0 Å². The molecule has 8 heteroatoms. The summed E-state index contributed by atoms with van der Waals surface area (Å²) < 4.78 is 1.75. The molecule has 1 aliphatic rings. The second kappa shape index (κ2) is 8.61.